The molecule has 0 saturated carbocycles. The lowest BCUT2D eigenvalue weighted by Crippen LogP contribution is -2.33. The number of hydrogen-bond acceptors (Lipinski definition) is 7. The van der Waals surface area contributed by atoms with Gasteiger partial charge in [-0.05, 0) is 67.6 Å². The summed E-state index contributed by atoms with van der Waals surface area (Å²) in [6.45, 7) is 13.6. The van der Waals surface area contributed by atoms with E-state index >= 15 is 0 Å². The van der Waals surface area contributed by atoms with E-state index in [9.17, 15) is 14.3 Å². The summed E-state index contributed by atoms with van der Waals surface area (Å²) in [6, 6.07) is 11.5. The van der Waals surface area contributed by atoms with E-state index in [1.807, 2.05) is 38.1 Å². The molecule has 4 rings (SSSR count). The van der Waals surface area contributed by atoms with Gasteiger partial charge >= 0.3 is 5.97 Å². The van der Waals surface area contributed by atoms with Crippen LogP contribution in [0.2, 0.25) is 0 Å². The Balaban J connectivity index is 0.00000147. The van der Waals surface area contributed by atoms with Crippen LogP contribution in [0.5, 0.6) is 5.75 Å². The van der Waals surface area contributed by atoms with Gasteiger partial charge in [-0.2, -0.15) is 4.39 Å². The fraction of sp³-hybridized carbons (Fsp3) is 0.438. The van der Waals surface area contributed by atoms with Crippen molar-refractivity contribution in [3.8, 4) is 5.75 Å². The molecule has 41 heavy (non-hydrogen) atoms. The molecule has 0 radical (unpaired) electrons. The third kappa shape index (κ3) is 6.97. The van der Waals surface area contributed by atoms with E-state index < -0.39 is 23.2 Å². The van der Waals surface area contributed by atoms with E-state index in [-0.39, 0.29) is 0 Å². The molecule has 1 unspecified atom stereocenters. The van der Waals surface area contributed by atoms with Crippen molar-refractivity contribution < 1.29 is 19.0 Å². The molecule has 5 N–H and O–H groups in total. The molecular weight excluding hydrogens is 521 g/mol. The molecule has 0 spiro atoms. The maximum atomic E-state index is 14.5. The number of pyridine rings is 1. The SMILES string of the molecule is CCC.Cc1ccc(C(c2ccc(N(C)N)c(N)c2C)C(C)(C)C(=O)O)cc1CN1CCOc2ccnc(F)c2C1. The van der Waals surface area contributed by atoms with Crippen molar-refractivity contribution in [3.63, 3.8) is 0 Å². The van der Waals surface area contributed by atoms with Gasteiger partial charge in [0, 0.05) is 38.8 Å². The Morgan fingerprint density at radius 1 is 1.22 bits per heavy atom. The van der Waals surface area contributed by atoms with Crippen LogP contribution in [0, 0.1) is 25.2 Å². The monoisotopic (exact) mass is 565 g/mol. The van der Waals surface area contributed by atoms with Crippen LogP contribution in [-0.4, -0.2) is 41.2 Å². The van der Waals surface area contributed by atoms with Gasteiger partial charge in [-0.25, -0.2) is 10.8 Å². The molecule has 2 aromatic carbocycles. The standard InChI is InChI=1S/C29H36FN5O3.C3H8/c1-17-6-7-19(14-20(17)15-35-12-13-38-24-10-11-33-27(30)22(24)16-35)25(29(3,4)28(36)37)21-8-9-23(34(5)32)26(31)18(21)2;1-3-2/h6-11,14,25H,12-13,15-16,31-32H2,1-5H3,(H,36,37);3H2,1-2H3. The average Bonchev–Trinajstić information content (AvgIpc) is 3.11. The van der Waals surface area contributed by atoms with Crippen molar-refractivity contribution >= 4 is 17.3 Å². The molecule has 0 aliphatic carbocycles. The van der Waals surface area contributed by atoms with Crippen LogP contribution in [0.3, 0.4) is 0 Å². The molecule has 0 amide bonds. The minimum Gasteiger partial charge on any atom is -0.492 e. The van der Waals surface area contributed by atoms with Crippen molar-refractivity contribution in [2.45, 2.75) is 67.0 Å². The number of hydrazine groups is 1. The molecule has 2 heterocycles. The Morgan fingerprint density at radius 3 is 2.54 bits per heavy atom. The van der Waals surface area contributed by atoms with Crippen molar-refractivity contribution in [2.75, 3.05) is 30.9 Å². The van der Waals surface area contributed by atoms with Gasteiger partial charge in [-0.1, -0.05) is 44.5 Å². The summed E-state index contributed by atoms with van der Waals surface area (Å²) < 4.78 is 20.2. The molecule has 1 aromatic heterocycles. The van der Waals surface area contributed by atoms with Gasteiger partial charge < -0.3 is 20.6 Å². The largest absolute Gasteiger partial charge is 0.492 e. The molecule has 1 aliphatic rings. The molecule has 0 fully saturated rings. The minimum absolute atomic E-state index is 0.367. The van der Waals surface area contributed by atoms with E-state index in [0.717, 1.165) is 27.8 Å². The molecular formula is C32H44FN5O3. The number of carboxylic acid groups (broad SMARTS) is 1. The average molecular weight is 566 g/mol. The predicted octanol–water partition coefficient (Wildman–Crippen LogP) is 5.78. The van der Waals surface area contributed by atoms with Gasteiger partial charge in [0.05, 0.1) is 22.4 Å². The minimum atomic E-state index is -1.13. The highest BCUT2D eigenvalue weighted by atomic mass is 19.1. The Kier molecular flexibility index (Phi) is 10.3. The quantitative estimate of drug-likeness (QED) is 0.143. The van der Waals surface area contributed by atoms with Gasteiger partial charge in [0.15, 0.2) is 0 Å². The first-order chi connectivity index (χ1) is 19.3. The number of halogens is 1. The van der Waals surface area contributed by atoms with Crippen LogP contribution >= 0.6 is 0 Å². The normalized spacial score (nSPS) is 14.2. The maximum Gasteiger partial charge on any atom is 0.310 e. The first-order valence-electron chi connectivity index (χ1n) is 14.0. The van der Waals surface area contributed by atoms with Crippen LogP contribution in [0.4, 0.5) is 15.8 Å². The summed E-state index contributed by atoms with van der Waals surface area (Å²) >= 11 is 0. The molecule has 1 atom stereocenters. The van der Waals surface area contributed by atoms with Gasteiger partial charge in [-0.15, -0.1) is 0 Å². The van der Waals surface area contributed by atoms with Crippen molar-refractivity contribution in [1.82, 2.24) is 9.88 Å². The Hall–Kier alpha value is -3.69. The zero-order valence-electron chi connectivity index (χ0n) is 25.3. The highest BCUT2D eigenvalue weighted by molar-refractivity contribution is 5.78. The van der Waals surface area contributed by atoms with Crippen LogP contribution < -0.4 is 21.3 Å². The number of ether oxygens (including phenoxy) is 1. The first-order valence-corrected chi connectivity index (χ1v) is 14.0. The van der Waals surface area contributed by atoms with Crippen molar-refractivity contribution in [1.29, 1.82) is 0 Å². The van der Waals surface area contributed by atoms with Crippen molar-refractivity contribution in [3.05, 3.63) is 81.9 Å². The maximum absolute atomic E-state index is 14.5. The third-order valence-corrected chi connectivity index (χ3v) is 7.61. The predicted molar refractivity (Wildman–Crippen MR) is 162 cm³/mol. The molecule has 3 aromatic rings. The molecule has 9 heteroatoms. The number of rotatable bonds is 7. The molecule has 0 bridgehead atoms. The van der Waals surface area contributed by atoms with Crippen molar-refractivity contribution in [2.24, 2.45) is 11.3 Å². The van der Waals surface area contributed by atoms with E-state index in [1.165, 1.54) is 17.6 Å². The number of aryl methyl sites for hydroxylation is 1. The fourth-order valence-electron chi connectivity index (χ4n) is 5.19. The third-order valence-electron chi connectivity index (χ3n) is 7.61. The second-order valence-corrected chi connectivity index (χ2v) is 11.3. The second-order valence-electron chi connectivity index (χ2n) is 11.3. The van der Waals surface area contributed by atoms with Crippen LogP contribution in [-0.2, 0) is 17.9 Å². The summed E-state index contributed by atoms with van der Waals surface area (Å²) in [5.74, 6) is 4.56. The number of benzene rings is 2. The van der Waals surface area contributed by atoms with E-state index in [0.29, 0.717) is 48.9 Å². The lowest BCUT2D eigenvalue weighted by atomic mass is 9.69. The molecule has 8 nitrogen and oxygen atoms in total. The zero-order chi connectivity index (χ0) is 30.5. The first kappa shape index (κ1) is 31.8. The number of anilines is 2. The van der Waals surface area contributed by atoms with Gasteiger partial charge in [-0.3, -0.25) is 9.69 Å². The summed E-state index contributed by atoms with van der Waals surface area (Å²) in [7, 11) is 1.71. The summed E-state index contributed by atoms with van der Waals surface area (Å²) in [4.78, 5) is 18.4. The molecule has 0 saturated heterocycles. The number of carboxylic acids is 1. The topological polar surface area (TPSA) is 118 Å². The summed E-state index contributed by atoms with van der Waals surface area (Å²) in [5.41, 5.74) is 11.5. The van der Waals surface area contributed by atoms with Gasteiger partial charge in [0.1, 0.15) is 12.4 Å². The molecule has 222 valence electrons. The number of aromatic nitrogens is 1. The number of nitrogen functional groups attached to an aromatic ring is 1. The second kappa shape index (κ2) is 13.3. The Morgan fingerprint density at radius 2 is 1.90 bits per heavy atom. The number of hydrogen-bond donors (Lipinski definition) is 3. The number of nitrogens with zero attached hydrogens (tertiary/aromatic N) is 3. The lowest BCUT2D eigenvalue weighted by Gasteiger charge is -2.34. The number of aliphatic carboxylic acids is 1. The molecule has 1 aliphatic heterocycles. The van der Waals surface area contributed by atoms with Gasteiger partial charge in [0.25, 0.3) is 0 Å². The Labute approximate surface area is 243 Å². The Bertz CT molecular complexity index is 1380. The summed E-state index contributed by atoms with van der Waals surface area (Å²) in [6.07, 6.45) is 2.66. The smallest absolute Gasteiger partial charge is 0.310 e. The fourth-order valence-corrected chi connectivity index (χ4v) is 5.19. The number of nitrogens with two attached hydrogens (primary N) is 2. The number of fused-ring (bicyclic) bond motifs is 1. The summed E-state index contributed by atoms with van der Waals surface area (Å²) in [5, 5.41) is 11.7. The zero-order valence-corrected chi connectivity index (χ0v) is 25.3. The van der Waals surface area contributed by atoms with Crippen LogP contribution in [0.15, 0.2) is 42.6 Å². The van der Waals surface area contributed by atoms with E-state index in [4.69, 9.17) is 16.3 Å². The highest BCUT2D eigenvalue weighted by Gasteiger charge is 2.40. The lowest BCUT2D eigenvalue weighted by molar-refractivity contribution is -0.147. The van der Waals surface area contributed by atoms with Gasteiger partial charge in [0.2, 0.25) is 5.95 Å². The number of carbonyl (C=O) groups is 1. The van der Waals surface area contributed by atoms with E-state index in [2.05, 4.69) is 29.8 Å². The highest BCUT2D eigenvalue weighted by Crippen LogP contribution is 2.45. The van der Waals surface area contributed by atoms with Crippen LogP contribution in [0.1, 0.15) is 73.4 Å². The van der Waals surface area contributed by atoms with Crippen LogP contribution in [0.25, 0.3) is 0 Å². The van der Waals surface area contributed by atoms with E-state index in [1.54, 1.807) is 27.0 Å².